The summed E-state index contributed by atoms with van der Waals surface area (Å²) < 4.78 is 0.653. The monoisotopic (exact) mass is 374 g/mol. The van der Waals surface area contributed by atoms with Gasteiger partial charge in [-0.3, -0.25) is 4.79 Å². The van der Waals surface area contributed by atoms with E-state index in [9.17, 15) is 4.79 Å². The van der Waals surface area contributed by atoms with Gasteiger partial charge in [-0.05, 0) is 28.1 Å². The van der Waals surface area contributed by atoms with Gasteiger partial charge in [-0.2, -0.15) is 0 Å². The maximum atomic E-state index is 12.0. The molecule has 5 nitrogen and oxygen atoms in total. The molecule has 0 unspecified atom stereocenters. The maximum absolute atomic E-state index is 12.0. The van der Waals surface area contributed by atoms with Crippen molar-refractivity contribution in [2.45, 2.75) is 0 Å². The number of rotatable bonds is 3. The van der Waals surface area contributed by atoms with Crippen molar-refractivity contribution in [1.29, 1.82) is 0 Å². The van der Waals surface area contributed by atoms with E-state index in [1.54, 1.807) is 19.2 Å². The van der Waals surface area contributed by atoms with Crippen LogP contribution in [0.4, 0.5) is 11.5 Å². The van der Waals surface area contributed by atoms with Crippen LogP contribution in [0.1, 0.15) is 10.5 Å². The van der Waals surface area contributed by atoms with Gasteiger partial charge < -0.3 is 10.6 Å². The third kappa shape index (κ3) is 3.20. The first kappa shape index (κ1) is 15.0. The number of hydrogen-bond acceptors (Lipinski definition) is 4. The average molecular weight is 376 g/mol. The van der Waals surface area contributed by atoms with Gasteiger partial charge >= 0.3 is 0 Å². The molecule has 20 heavy (non-hydrogen) atoms. The van der Waals surface area contributed by atoms with Gasteiger partial charge in [0.1, 0.15) is 11.5 Å². The summed E-state index contributed by atoms with van der Waals surface area (Å²) in [6.07, 6.45) is 2.83. The predicted octanol–water partition coefficient (Wildman–Crippen LogP) is 3.84. The predicted molar refractivity (Wildman–Crippen MR) is 83.7 cm³/mol. The van der Waals surface area contributed by atoms with Gasteiger partial charge in [0.05, 0.1) is 28.1 Å². The smallest absolute Gasteiger partial charge is 0.275 e. The minimum Gasteiger partial charge on any atom is -0.372 e. The normalized spacial score (nSPS) is 10.2. The summed E-state index contributed by atoms with van der Waals surface area (Å²) in [5, 5.41) is 6.04. The van der Waals surface area contributed by atoms with Crippen LogP contribution < -0.4 is 10.6 Å². The first-order valence-corrected chi connectivity index (χ1v) is 7.02. The van der Waals surface area contributed by atoms with Crippen LogP contribution in [0.3, 0.4) is 0 Å². The zero-order valence-corrected chi connectivity index (χ0v) is 13.3. The number of nitrogens with zero attached hydrogens (tertiary/aromatic N) is 2. The summed E-state index contributed by atoms with van der Waals surface area (Å²) in [7, 11) is 1.72. The van der Waals surface area contributed by atoms with Crippen molar-refractivity contribution in [1.82, 2.24) is 9.97 Å². The molecule has 0 aliphatic heterocycles. The van der Waals surface area contributed by atoms with Crippen LogP contribution in [0, 0.1) is 0 Å². The summed E-state index contributed by atoms with van der Waals surface area (Å²) in [5.74, 6) is 0.159. The minimum absolute atomic E-state index is 0.180. The molecule has 2 rings (SSSR count). The number of carbonyl (C=O) groups excluding carboxylic acids is 1. The molecule has 1 amide bonds. The zero-order chi connectivity index (χ0) is 14.7. The highest BCUT2D eigenvalue weighted by Crippen LogP contribution is 2.35. The van der Waals surface area contributed by atoms with E-state index >= 15 is 0 Å². The Hall–Kier alpha value is -1.37. The second-order valence-electron chi connectivity index (χ2n) is 3.71. The molecule has 1 aromatic carbocycles. The van der Waals surface area contributed by atoms with E-state index in [0.29, 0.717) is 21.0 Å². The number of anilines is 2. The summed E-state index contributed by atoms with van der Waals surface area (Å²) in [4.78, 5) is 20.0. The Labute approximate surface area is 133 Å². The minimum atomic E-state index is -0.416. The largest absolute Gasteiger partial charge is 0.372 e. The van der Waals surface area contributed by atoms with Crippen LogP contribution in [-0.4, -0.2) is 22.9 Å². The van der Waals surface area contributed by atoms with Crippen molar-refractivity contribution in [3.05, 3.63) is 44.7 Å². The van der Waals surface area contributed by atoms with Gasteiger partial charge in [0.25, 0.3) is 5.91 Å². The topological polar surface area (TPSA) is 66.9 Å². The van der Waals surface area contributed by atoms with Crippen LogP contribution in [0.15, 0.2) is 29.0 Å². The van der Waals surface area contributed by atoms with Crippen LogP contribution in [-0.2, 0) is 0 Å². The van der Waals surface area contributed by atoms with E-state index in [2.05, 4.69) is 36.5 Å². The van der Waals surface area contributed by atoms with Gasteiger partial charge in [0.2, 0.25) is 0 Å². The second-order valence-corrected chi connectivity index (χ2v) is 5.32. The molecule has 0 radical (unpaired) electrons. The Morgan fingerprint density at radius 1 is 1.20 bits per heavy atom. The highest BCUT2D eigenvalue weighted by molar-refractivity contribution is 9.10. The Morgan fingerprint density at radius 2 is 1.95 bits per heavy atom. The quantitative estimate of drug-likeness (QED) is 0.800. The standard InChI is InChI=1S/C12H9BrCl2N4O/c1-16-9-5-17-8(4-18-9)12(20)19-7-3-2-6(13)10(14)11(7)15/h2-5H,1H3,(H,16,18)(H,19,20). The van der Waals surface area contributed by atoms with Gasteiger partial charge in [-0.1, -0.05) is 23.2 Å². The van der Waals surface area contributed by atoms with E-state index in [4.69, 9.17) is 23.2 Å². The highest BCUT2D eigenvalue weighted by Gasteiger charge is 2.13. The number of aromatic nitrogens is 2. The number of benzene rings is 1. The summed E-state index contributed by atoms with van der Waals surface area (Å²) >= 11 is 15.3. The maximum Gasteiger partial charge on any atom is 0.275 e. The first-order valence-electron chi connectivity index (χ1n) is 5.47. The molecule has 0 saturated carbocycles. The molecule has 2 aromatic rings. The molecule has 1 heterocycles. The summed E-state index contributed by atoms with van der Waals surface area (Å²) in [6.45, 7) is 0. The number of nitrogens with one attached hydrogen (secondary N) is 2. The Balaban J connectivity index is 2.21. The fourth-order valence-electron chi connectivity index (χ4n) is 1.38. The molecule has 2 N–H and O–H groups in total. The van der Waals surface area contributed by atoms with Gasteiger partial charge in [-0.15, -0.1) is 0 Å². The lowest BCUT2D eigenvalue weighted by atomic mass is 10.3. The van der Waals surface area contributed by atoms with Crippen molar-refractivity contribution in [3.63, 3.8) is 0 Å². The van der Waals surface area contributed by atoms with Crippen molar-refractivity contribution in [2.75, 3.05) is 17.7 Å². The average Bonchev–Trinajstić information content (AvgIpc) is 2.48. The van der Waals surface area contributed by atoms with Gasteiger partial charge in [0, 0.05) is 11.5 Å². The third-order valence-electron chi connectivity index (χ3n) is 2.42. The van der Waals surface area contributed by atoms with Crippen LogP contribution in [0.5, 0.6) is 0 Å². The molecule has 0 bridgehead atoms. The fourth-order valence-corrected chi connectivity index (χ4v) is 2.20. The molecular formula is C12H9BrCl2N4O. The van der Waals surface area contributed by atoms with Crippen molar-refractivity contribution in [3.8, 4) is 0 Å². The molecule has 0 aliphatic rings. The summed E-state index contributed by atoms with van der Waals surface area (Å²) in [6, 6.07) is 3.34. The molecule has 0 saturated heterocycles. The third-order valence-corrected chi connectivity index (χ3v) is 4.20. The molecule has 0 fully saturated rings. The van der Waals surface area contributed by atoms with Gasteiger partial charge in [-0.25, -0.2) is 9.97 Å². The van der Waals surface area contributed by atoms with Crippen molar-refractivity contribution >= 4 is 56.5 Å². The molecule has 104 valence electrons. The lowest BCUT2D eigenvalue weighted by molar-refractivity contribution is 0.102. The Bertz CT molecular complexity index is 649. The number of hydrogen-bond donors (Lipinski definition) is 2. The highest BCUT2D eigenvalue weighted by atomic mass is 79.9. The molecular weight excluding hydrogens is 367 g/mol. The van der Waals surface area contributed by atoms with E-state index in [1.807, 2.05) is 0 Å². The zero-order valence-electron chi connectivity index (χ0n) is 10.2. The lowest BCUT2D eigenvalue weighted by Gasteiger charge is -2.09. The van der Waals surface area contributed by atoms with Gasteiger partial charge in [0.15, 0.2) is 0 Å². The fraction of sp³-hybridized carbons (Fsp3) is 0.0833. The number of carbonyl (C=O) groups is 1. The molecule has 0 atom stereocenters. The van der Waals surface area contributed by atoms with Crippen LogP contribution in [0.2, 0.25) is 10.0 Å². The summed E-state index contributed by atoms with van der Waals surface area (Å²) in [5.41, 5.74) is 0.587. The first-order chi connectivity index (χ1) is 9.52. The SMILES string of the molecule is CNc1cnc(C(=O)Nc2ccc(Br)c(Cl)c2Cl)cn1. The molecule has 1 aromatic heterocycles. The van der Waals surface area contributed by atoms with E-state index in [1.165, 1.54) is 12.4 Å². The van der Waals surface area contributed by atoms with Crippen molar-refractivity contribution in [2.24, 2.45) is 0 Å². The second kappa shape index (κ2) is 6.39. The van der Waals surface area contributed by atoms with Crippen LogP contribution >= 0.6 is 39.1 Å². The Morgan fingerprint density at radius 3 is 2.55 bits per heavy atom. The lowest BCUT2D eigenvalue weighted by Crippen LogP contribution is -2.14. The molecule has 8 heteroatoms. The number of halogens is 3. The number of amides is 1. The molecule has 0 spiro atoms. The molecule has 0 aliphatic carbocycles. The van der Waals surface area contributed by atoms with E-state index < -0.39 is 5.91 Å². The van der Waals surface area contributed by atoms with Crippen LogP contribution in [0.25, 0.3) is 0 Å². The Kier molecular flexibility index (Phi) is 4.80. The van der Waals surface area contributed by atoms with E-state index in [-0.39, 0.29) is 10.7 Å². The van der Waals surface area contributed by atoms with Crippen molar-refractivity contribution < 1.29 is 4.79 Å². The van der Waals surface area contributed by atoms with E-state index in [0.717, 1.165) is 0 Å².